The van der Waals surface area contributed by atoms with E-state index in [4.69, 9.17) is 36.6 Å². The van der Waals surface area contributed by atoms with Crippen LogP contribution in [0.15, 0.2) is 83.8 Å². The number of aliphatic carboxylic acids is 2. The summed E-state index contributed by atoms with van der Waals surface area (Å²) in [7, 11) is -4.24. The molecule has 1 saturated heterocycles. The van der Waals surface area contributed by atoms with Crippen molar-refractivity contribution in [1.29, 1.82) is 5.41 Å². The largest absolute Gasteiger partial charge is 0.490 e. The molecule has 0 radical (unpaired) electrons. The van der Waals surface area contributed by atoms with Crippen molar-refractivity contribution < 1.29 is 69.3 Å². The third-order valence-corrected chi connectivity index (χ3v) is 9.21. The highest BCUT2D eigenvalue weighted by Gasteiger charge is 2.38. The summed E-state index contributed by atoms with van der Waals surface area (Å²) in [5.41, 5.74) is 13.2. The Balaban J connectivity index is 0.000000732. The first-order chi connectivity index (χ1) is 27.4. The molecule has 1 fully saturated rings. The van der Waals surface area contributed by atoms with Crippen molar-refractivity contribution in [2.75, 3.05) is 38.0 Å². The molecule has 3 aromatic carbocycles. The van der Waals surface area contributed by atoms with Gasteiger partial charge in [-0.25, -0.2) is 22.8 Å². The number of rotatable bonds is 13. The molecule has 322 valence electrons. The summed E-state index contributed by atoms with van der Waals surface area (Å²) in [6.45, 7) is 1.37. The normalized spacial score (nSPS) is 13.3. The van der Waals surface area contributed by atoms with Gasteiger partial charge in [0.2, 0.25) is 21.8 Å². The minimum absolute atomic E-state index is 0.0224. The number of piperazine rings is 1. The smallest absolute Gasteiger partial charge is 0.477 e. The van der Waals surface area contributed by atoms with Crippen LogP contribution in [0.1, 0.15) is 30.0 Å². The number of carbonyl (C=O) groups excluding carboxylic acids is 3. The zero-order valence-electron chi connectivity index (χ0n) is 31.2. The van der Waals surface area contributed by atoms with Gasteiger partial charge in [0.05, 0.1) is 4.90 Å². The minimum atomic E-state index is -5.08. The number of alkyl halides is 5. The predicted octanol–water partition coefficient (Wildman–Crippen LogP) is 2.99. The van der Waals surface area contributed by atoms with Gasteiger partial charge in [-0.15, -0.1) is 0 Å². The molecule has 17 nitrogen and oxygen atoms in total. The fourth-order valence-electron chi connectivity index (χ4n) is 4.77. The molecule has 9 N–H and O–H groups in total. The molecule has 23 heteroatoms. The monoisotopic (exact) mass is 859 g/mol. The van der Waals surface area contributed by atoms with Crippen LogP contribution in [0.2, 0.25) is 0 Å². The second kappa shape index (κ2) is 22.1. The Morgan fingerprint density at radius 3 is 1.92 bits per heavy atom. The number of halogens is 5. The number of amides is 3. The molecule has 59 heavy (non-hydrogen) atoms. The van der Waals surface area contributed by atoms with Crippen molar-refractivity contribution in [3.05, 3.63) is 95.6 Å². The molecule has 1 aliphatic heterocycles. The first-order valence-electron chi connectivity index (χ1n) is 17.2. The quantitative estimate of drug-likeness (QED) is 0.0743. The van der Waals surface area contributed by atoms with Gasteiger partial charge in [-0.3, -0.25) is 15.0 Å². The van der Waals surface area contributed by atoms with Crippen molar-refractivity contribution >= 4 is 51.4 Å². The number of hydrogen-bond acceptors (Lipinski definition) is 10. The number of nitrogens with two attached hydrogens (primary N) is 2. The van der Waals surface area contributed by atoms with Crippen LogP contribution in [-0.4, -0.2) is 115 Å². The Kier molecular flexibility index (Phi) is 18.3. The zero-order valence-corrected chi connectivity index (χ0v) is 32.1. The van der Waals surface area contributed by atoms with Crippen LogP contribution in [-0.2, 0) is 47.0 Å². The highest BCUT2D eigenvalue weighted by molar-refractivity contribution is 7.89. The van der Waals surface area contributed by atoms with E-state index >= 15 is 0 Å². The number of carboxylic acid groups (broad SMARTS) is 2. The third kappa shape index (κ3) is 17.1. The summed E-state index contributed by atoms with van der Waals surface area (Å²) >= 11 is 0. The number of sulfonamides is 1. The average Bonchev–Trinajstić information content (AvgIpc) is 3.17. The van der Waals surface area contributed by atoms with Crippen molar-refractivity contribution in [2.24, 2.45) is 11.5 Å². The van der Waals surface area contributed by atoms with Crippen LogP contribution in [0.4, 0.5) is 32.4 Å². The number of nitrogen functional groups attached to an aromatic ring is 1. The third-order valence-electron chi connectivity index (χ3n) is 7.75. The second-order valence-corrected chi connectivity index (χ2v) is 14.2. The molecular formula is C36H42F5N7O10S. The fraction of sp³-hybridized carbons (Fsp3) is 0.333. The van der Waals surface area contributed by atoms with Crippen molar-refractivity contribution in [2.45, 2.75) is 49.4 Å². The molecule has 0 saturated carbocycles. The molecule has 0 spiro atoms. The molecule has 3 aromatic rings. The van der Waals surface area contributed by atoms with E-state index < -0.39 is 52.1 Å². The van der Waals surface area contributed by atoms with Gasteiger partial charge in [0.25, 0.3) is 0 Å². The van der Waals surface area contributed by atoms with E-state index in [9.17, 15) is 49.5 Å². The Hall–Kier alpha value is -6.20. The lowest BCUT2D eigenvalue weighted by Crippen LogP contribution is -2.56. The van der Waals surface area contributed by atoms with Crippen LogP contribution in [0.25, 0.3) is 0 Å². The second-order valence-electron chi connectivity index (χ2n) is 12.5. The summed E-state index contributed by atoms with van der Waals surface area (Å²) in [5, 5.41) is 25.0. The van der Waals surface area contributed by atoms with Crippen LogP contribution in [0.3, 0.4) is 0 Å². The van der Waals surface area contributed by atoms with E-state index in [-0.39, 0.29) is 74.5 Å². The lowest BCUT2D eigenvalue weighted by Gasteiger charge is -2.36. The molecule has 1 heterocycles. The van der Waals surface area contributed by atoms with Crippen molar-refractivity contribution in [3.63, 3.8) is 0 Å². The SMILES string of the molecule is CC(F)(F)C(=O)O.N=C(N)c1cccc(C[C@H](NS(=O)(=O)c2cccc(NC(=O)CCN)c2)C(=O)N2CCN(C(=O)OCc3ccccc3)CC2)c1.O=C(O)C(F)(F)F. The van der Waals surface area contributed by atoms with E-state index in [0.29, 0.717) is 18.1 Å². The maximum Gasteiger partial charge on any atom is 0.490 e. The summed E-state index contributed by atoms with van der Waals surface area (Å²) in [6.07, 6.45) is -5.53. The van der Waals surface area contributed by atoms with Gasteiger partial charge >= 0.3 is 30.1 Å². The Morgan fingerprint density at radius 1 is 0.847 bits per heavy atom. The first-order valence-corrected chi connectivity index (χ1v) is 18.6. The molecule has 0 unspecified atom stereocenters. The van der Waals surface area contributed by atoms with Gasteiger partial charge in [-0.05, 0) is 41.8 Å². The molecule has 3 amide bonds. The molecular weight excluding hydrogens is 817 g/mol. The Labute approximate surface area is 334 Å². The van der Waals surface area contributed by atoms with Crippen molar-refractivity contribution in [1.82, 2.24) is 14.5 Å². The lowest BCUT2D eigenvalue weighted by atomic mass is 10.0. The van der Waals surface area contributed by atoms with Gasteiger partial charge in [0, 0.05) is 57.3 Å². The molecule has 0 aromatic heterocycles. The highest BCUT2D eigenvalue weighted by atomic mass is 32.2. The van der Waals surface area contributed by atoms with Gasteiger partial charge in [0.15, 0.2) is 0 Å². The van der Waals surface area contributed by atoms with Gasteiger partial charge in [-0.2, -0.15) is 26.7 Å². The number of nitrogens with one attached hydrogen (secondary N) is 3. The van der Waals surface area contributed by atoms with Crippen LogP contribution < -0.4 is 21.5 Å². The zero-order chi connectivity index (χ0) is 44.6. The van der Waals surface area contributed by atoms with Crippen molar-refractivity contribution in [3.8, 4) is 0 Å². The van der Waals surface area contributed by atoms with E-state index in [2.05, 4.69) is 10.0 Å². The number of amidine groups is 1. The summed E-state index contributed by atoms with van der Waals surface area (Å²) in [5.74, 6) is -9.43. The lowest BCUT2D eigenvalue weighted by molar-refractivity contribution is -0.192. The topological polar surface area (TPSA) is 276 Å². The van der Waals surface area contributed by atoms with Gasteiger partial charge in [-0.1, -0.05) is 54.6 Å². The number of carbonyl (C=O) groups is 5. The van der Waals surface area contributed by atoms with E-state index in [0.717, 1.165) is 5.56 Å². The molecule has 0 bridgehead atoms. The predicted molar refractivity (Wildman–Crippen MR) is 201 cm³/mol. The standard InChI is InChI=1S/C31H37N7O6S.C3H4F2O2.C2HF3O2/c32-13-12-28(39)35-25-10-5-11-26(20-25)45(42,43)36-27(19-23-8-4-9-24(18-23)29(33)34)30(40)37-14-16-38(17-15-37)31(41)44-21-22-6-2-1-3-7-22;1-3(4,5)2(6)7;3-2(4,5)1(6)7/h1-11,18,20,27,36H,12-17,19,21,32H2,(H3,33,34)(H,35,39);1H3,(H,6,7);(H,6,7)/t27-;;/m0../s1. The number of anilines is 1. The summed E-state index contributed by atoms with van der Waals surface area (Å²) in [6, 6.07) is 20.4. The minimum Gasteiger partial charge on any atom is -0.477 e. The fourth-order valence-corrected chi connectivity index (χ4v) is 6.01. The average molecular weight is 860 g/mol. The Bertz CT molecular complexity index is 2020. The van der Waals surface area contributed by atoms with E-state index in [1.165, 1.54) is 28.0 Å². The van der Waals surface area contributed by atoms with E-state index in [1.54, 1.807) is 30.3 Å². The maximum atomic E-state index is 13.8. The summed E-state index contributed by atoms with van der Waals surface area (Å²) < 4.78 is 89.3. The molecule has 4 rings (SSSR count). The van der Waals surface area contributed by atoms with Crippen LogP contribution in [0.5, 0.6) is 0 Å². The molecule has 1 aliphatic rings. The highest BCUT2D eigenvalue weighted by Crippen LogP contribution is 2.19. The number of carboxylic acids is 2. The number of hydrogen-bond donors (Lipinski definition) is 7. The number of ether oxygens (including phenoxy) is 1. The van der Waals surface area contributed by atoms with Gasteiger partial charge < -0.3 is 41.5 Å². The first kappa shape index (κ1) is 48.9. The van der Waals surface area contributed by atoms with Crippen LogP contribution >= 0.6 is 0 Å². The van der Waals surface area contributed by atoms with Gasteiger partial charge in [0.1, 0.15) is 18.5 Å². The molecule has 0 aliphatic carbocycles. The number of nitrogens with zero attached hydrogens (tertiary/aromatic N) is 2. The van der Waals surface area contributed by atoms with E-state index in [1.807, 2.05) is 30.3 Å². The number of benzene rings is 3. The molecule has 1 atom stereocenters. The Morgan fingerprint density at radius 2 is 1.39 bits per heavy atom. The summed E-state index contributed by atoms with van der Waals surface area (Å²) in [4.78, 5) is 59.5. The maximum absolute atomic E-state index is 13.8. The van der Waals surface area contributed by atoms with Crippen LogP contribution in [0, 0.1) is 5.41 Å².